The fourth-order valence-corrected chi connectivity index (χ4v) is 2.01. The van der Waals surface area contributed by atoms with Gasteiger partial charge < -0.3 is 4.90 Å². The molecular weight excluding hydrogens is 210 g/mol. The van der Waals surface area contributed by atoms with Crippen LogP contribution in [-0.2, 0) is 0 Å². The molecule has 0 rings (SSSR count). The first kappa shape index (κ1) is 16.4. The van der Waals surface area contributed by atoms with Gasteiger partial charge in [-0.25, -0.2) is 0 Å². The lowest BCUT2D eigenvalue weighted by molar-refractivity contribution is 0.237. The van der Waals surface area contributed by atoms with E-state index in [1.807, 2.05) is 6.92 Å². The molecule has 0 aromatic heterocycles. The molecule has 0 radical (unpaired) electrons. The summed E-state index contributed by atoms with van der Waals surface area (Å²) in [5.41, 5.74) is -0.384. The SMILES string of the molecule is CCC(C)N(C)CCCC(C)(C#N)NC(C)C. The van der Waals surface area contributed by atoms with Crippen molar-refractivity contribution in [1.29, 1.82) is 5.26 Å². The largest absolute Gasteiger partial charge is 0.304 e. The molecule has 3 nitrogen and oxygen atoms in total. The smallest absolute Gasteiger partial charge is 0.104 e. The Bertz CT molecular complexity index is 244. The van der Waals surface area contributed by atoms with Gasteiger partial charge in [-0.05, 0) is 60.5 Å². The highest BCUT2D eigenvalue weighted by Crippen LogP contribution is 2.13. The molecule has 0 aliphatic heterocycles. The highest BCUT2D eigenvalue weighted by Gasteiger charge is 2.23. The topological polar surface area (TPSA) is 39.1 Å². The van der Waals surface area contributed by atoms with Crippen LogP contribution in [0.2, 0.25) is 0 Å². The van der Waals surface area contributed by atoms with E-state index in [2.05, 4.69) is 51.0 Å². The van der Waals surface area contributed by atoms with E-state index in [4.69, 9.17) is 0 Å². The van der Waals surface area contributed by atoms with Crippen LogP contribution in [0.5, 0.6) is 0 Å². The number of nitrogens with zero attached hydrogens (tertiary/aromatic N) is 2. The minimum atomic E-state index is -0.384. The summed E-state index contributed by atoms with van der Waals surface area (Å²) in [4.78, 5) is 2.37. The highest BCUT2D eigenvalue weighted by molar-refractivity contribution is 5.04. The summed E-state index contributed by atoms with van der Waals surface area (Å²) in [6, 6.07) is 3.38. The second-order valence-corrected chi connectivity index (χ2v) is 5.58. The summed E-state index contributed by atoms with van der Waals surface area (Å²) in [5, 5.41) is 12.6. The summed E-state index contributed by atoms with van der Waals surface area (Å²) < 4.78 is 0. The number of rotatable bonds is 8. The van der Waals surface area contributed by atoms with Gasteiger partial charge in [-0.1, -0.05) is 6.92 Å². The van der Waals surface area contributed by atoms with Crippen LogP contribution >= 0.6 is 0 Å². The van der Waals surface area contributed by atoms with Crippen molar-refractivity contribution in [3.05, 3.63) is 0 Å². The molecule has 2 unspecified atom stereocenters. The zero-order chi connectivity index (χ0) is 13.5. The van der Waals surface area contributed by atoms with Crippen molar-refractivity contribution in [2.24, 2.45) is 0 Å². The van der Waals surface area contributed by atoms with Crippen molar-refractivity contribution in [1.82, 2.24) is 10.2 Å². The first-order valence-electron chi connectivity index (χ1n) is 6.73. The summed E-state index contributed by atoms with van der Waals surface area (Å²) >= 11 is 0. The van der Waals surface area contributed by atoms with Gasteiger partial charge in [0.05, 0.1) is 6.07 Å². The van der Waals surface area contributed by atoms with Crippen LogP contribution < -0.4 is 5.32 Å². The van der Waals surface area contributed by atoms with E-state index in [9.17, 15) is 5.26 Å². The Kier molecular flexibility index (Phi) is 7.41. The predicted molar refractivity (Wildman–Crippen MR) is 73.9 cm³/mol. The molecule has 0 saturated carbocycles. The van der Waals surface area contributed by atoms with E-state index in [1.165, 1.54) is 6.42 Å². The van der Waals surface area contributed by atoms with E-state index in [-0.39, 0.29) is 5.54 Å². The van der Waals surface area contributed by atoms with Crippen LogP contribution in [0.1, 0.15) is 53.9 Å². The van der Waals surface area contributed by atoms with Gasteiger partial charge in [0.1, 0.15) is 5.54 Å². The molecule has 0 aliphatic rings. The molecular formula is C14H29N3. The van der Waals surface area contributed by atoms with E-state index < -0.39 is 0 Å². The zero-order valence-electron chi connectivity index (χ0n) is 12.4. The highest BCUT2D eigenvalue weighted by atomic mass is 15.1. The normalized spacial score (nSPS) is 16.9. The molecule has 0 fully saturated rings. The van der Waals surface area contributed by atoms with E-state index >= 15 is 0 Å². The Labute approximate surface area is 107 Å². The first-order chi connectivity index (χ1) is 7.84. The van der Waals surface area contributed by atoms with Crippen LogP contribution in [0.15, 0.2) is 0 Å². The molecule has 0 spiro atoms. The second kappa shape index (κ2) is 7.68. The Hall–Kier alpha value is -0.590. The van der Waals surface area contributed by atoms with Crippen molar-refractivity contribution < 1.29 is 0 Å². The Morgan fingerprint density at radius 2 is 1.94 bits per heavy atom. The summed E-state index contributed by atoms with van der Waals surface area (Å²) in [5.74, 6) is 0. The number of nitrogens with one attached hydrogen (secondary N) is 1. The van der Waals surface area contributed by atoms with E-state index in [0.717, 1.165) is 19.4 Å². The zero-order valence-corrected chi connectivity index (χ0v) is 12.4. The van der Waals surface area contributed by atoms with Gasteiger partial charge in [0.2, 0.25) is 0 Å². The van der Waals surface area contributed by atoms with Gasteiger partial charge in [-0.15, -0.1) is 0 Å². The maximum Gasteiger partial charge on any atom is 0.104 e. The van der Waals surface area contributed by atoms with Gasteiger partial charge in [0.25, 0.3) is 0 Å². The third-order valence-electron chi connectivity index (χ3n) is 3.38. The number of hydrogen-bond acceptors (Lipinski definition) is 3. The molecule has 0 saturated heterocycles. The van der Waals surface area contributed by atoms with Crippen molar-refractivity contribution in [2.45, 2.75) is 71.5 Å². The monoisotopic (exact) mass is 239 g/mol. The molecule has 1 N–H and O–H groups in total. The van der Waals surface area contributed by atoms with Gasteiger partial charge in [-0.2, -0.15) is 5.26 Å². The summed E-state index contributed by atoms with van der Waals surface area (Å²) in [6.07, 6.45) is 3.14. The molecule has 3 heteroatoms. The Balaban J connectivity index is 4.05. The van der Waals surface area contributed by atoms with Crippen molar-refractivity contribution in [2.75, 3.05) is 13.6 Å². The Morgan fingerprint density at radius 3 is 2.35 bits per heavy atom. The molecule has 2 atom stereocenters. The van der Waals surface area contributed by atoms with Gasteiger partial charge in [0.15, 0.2) is 0 Å². The van der Waals surface area contributed by atoms with Crippen LogP contribution in [0.25, 0.3) is 0 Å². The molecule has 0 amide bonds. The van der Waals surface area contributed by atoms with Crippen LogP contribution in [0.4, 0.5) is 0 Å². The van der Waals surface area contributed by atoms with Crippen molar-refractivity contribution >= 4 is 0 Å². The van der Waals surface area contributed by atoms with Crippen LogP contribution in [0.3, 0.4) is 0 Å². The second-order valence-electron chi connectivity index (χ2n) is 5.58. The number of hydrogen-bond donors (Lipinski definition) is 1. The molecule has 17 heavy (non-hydrogen) atoms. The van der Waals surface area contributed by atoms with E-state index in [0.29, 0.717) is 12.1 Å². The fourth-order valence-electron chi connectivity index (χ4n) is 2.01. The average Bonchev–Trinajstić information content (AvgIpc) is 2.26. The van der Waals surface area contributed by atoms with Gasteiger partial charge in [0, 0.05) is 12.1 Å². The molecule has 100 valence electrons. The summed E-state index contributed by atoms with van der Waals surface area (Å²) in [7, 11) is 2.16. The van der Waals surface area contributed by atoms with E-state index in [1.54, 1.807) is 0 Å². The van der Waals surface area contributed by atoms with Crippen molar-refractivity contribution in [3.8, 4) is 6.07 Å². The van der Waals surface area contributed by atoms with Crippen molar-refractivity contribution in [3.63, 3.8) is 0 Å². The standard InChI is InChI=1S/C14H29N3/c1-7-13(4)17(6)10-8-9-14(5,11-15)16-12(2)3/h12-13,16H,7-10H2,1-6H3. The van der Waals surface area contributed by atoms with Crippen LogP contribution in [-0.4, -0.2) is 36.1 Å². The first-order valence-corrected chi connectivity index (χ1v) is 6.73. The predicted octanol–water partition coefficient (Wildman–Crippen LogP) is 2.78. The molecule has 0 aromatic rings. The quantitative estimate of drug-likeness (QED) is 0.708. The van der Waals surface area contributed by atoms with Gasteiger partial charge >= 0.3 is 0 Å². The lowest BCUT2D eigenvalue weighted by Gasteiger charge is -2.28. The molecule has 0 heterocycles. The Morgan fingerprint density at radius 1 is 1.35 bits per heavy atom. The lowest BCUT2D eigenvalue weighted by atomic mass is 9.96. The minimum absolute atomic E-state index is 0.354. The minimum Gasteiger partial charge on any atom is -0.304 e. The summed E-state index contributed by atoms with van der Waals surface area (Å²) in [6.45, 7) is 11.7. The maximum absolute atomic E-state index is 9.23. The third kappa shape index (κ3) is 6.65. The van der Waals surface area contributed by atoms with Crippen LogP contribution in [0, 0.1) is 11.3 Å². The van der Waals surface area contributed by atoms with Gasteiger partial charge in [-0.3, -0.25) is 5.32 Å². The average molecular weight is 239 g/mol. The lowest BCUT2D eigenvalue weighted by Crippen LogP contribution is -2.45. The molecule has 0 bridgehead atoms. The third-order valence-corrected chi connectivity index (χ3v) is 3.38. The maximum atomic E-state index is 9.23. The molecule has 0 aliphatic carbocycles. The fraction of sp³-hybridized carbons (Fsp3) is 0.929. The number of nitriles is 1. The molecule has 0 aromatic carbocycles.